The number of hydrogen-bond acceptors (Lipinski definition) is 4. The van der Waals surface area contributed by atoms with E-state index in [2.05, 4.69) is 15.6 Å². The number of amidine groups is 1. The largest absolute Gasteiger partial charge is 0.368 e. The molecule has 1 aromatic rings. The van der Waals surface area contributed by atoms with Crippen molar-refractivity contribution in [3.63, 3.8) is 0 Å². The minimum atomic E-state index is -0.565. The monoisotopic (exact) mass is 319 g/mol. The molecule has 5 N–H and O–H groups in total. The fraction of sp³-hybridized carbons (Fsp3) is 0.286. The summed E-state index contributed by atoms with van der Waals surface area (Å²) >= 11 is 1.10. The summed E-state index contributed by atoms with van der Waals surface area (Å²) in [5.41, 5.74) is 8.08. The number of nitrogens with two attached hydrogens (primary N) is 1. The number of carbonyl (C=O) groups is 2. The third-order valence-electron chi connectivity index (χ3n) is 3.16. The Balaban J connectivity index is 1.96. The Labute approximate surface area is 132 Å². The standard InChI is InChI=1S/C14H17N5O2S/c1-7-3-4-9(5-8(7)2)17-11(20)6-10-12(21)18-14(22-10)19-13(15)16/h3-5,10H,6H2,1-2H3,(H,17,20)(H4,15,16,18,19,21). The lowest BCUT2D eigenvalue weighted by Gasteiger charge is -2.09. The van der Waals surface area contributed by atoms with E-state index in [0.717, 1.165) is 22.9 Å². The second-order valence-corrected chi connectivity index (χ2v) is 6.14. The highest BCUT2D eigenvalue weighted by molar-refractivity contribution is 8.15. The SMILES string of the molecule is Cc1ccc(NC(=O)CC2SC(=NC(=N)N)NC2=O)cc1C. The van der Waals surface area contributed by atoms with Crippen LogP contribution in [0.5, 0.6) is 0 Å². The average molecular weight is 319 g/mol. The highest BCUT2D eigenvalue weighted by Crippen LogP contribution is 2.23. The van der Waals surface area contributed by atoms with Crippen molar-refractivity contribution in [3.05, 3.63) is 29.3 Å². The van der Waals surface area contributed by atoms with Crippen LogP contribution in [-0.4, -0.2) is 28.2 Å². The summed E-state index contributed by atoms with van der Waals surface area (Å²) in [5.74, 6) is -0.941. The van der Waals surface area contributed by atoms with Crippen molar-refractivity contribution in [1.29, 1.82) is 5.41 Å². The minimum Gasteiger partial charge on any atom is -0.368 e. The van der Waals surface area contributed by atoms with Gasteiger partial charge in [-0.1, -0.05) is 17.8 Å². The highest BCUT2D eigenvalue weighted by Gasteiger charge is 2.32. The molecule has 2 amide bonds. The van der Waals surface area contributed by atoms with E-state index in [1.165, 1.54) is 0 Å². The van der Waals surface area contributed by atoms with Crippen LogP contribution in [0.3, 0.4) is 0 Å². The molecule has 1 unspecified atom stereocenters. The molecule has 7 nitrogen and oxygen atoms in total. The molecular formula is C14H17N5O2S. The highest BCUT2D eigenvalue weighted by atomic mass is 32.2. The number of anilines is 1. The summed E-state index contributed by atoms with van der Waals surface area (Å²) < 4.78 is 0. The molecule has 1 saturated heterocycles. The first-order valence-electron chi connectivity index (χ1n) is 6.62. The van der Waals surface area contributed by atoms with Crippen LogP contribution in [0.15, 0.2) is 23.2 Å². The van der Waals surface area contributed by atoms with Crippen molar-refractivity contribution >= 4 is 40.4 Å². The number of nitrogens with zero attached hydrogens (tertiary/aromatic N) is 1. The van der Waals surface area contributed by atoms with Crippen molar-refractivity contribution in [2.75, 3.05) is 5.32 Å². The van der Waals surface area contributed by atoms with E-state index in [9.17, 15) is 9.59 Å². The van der Waals surface area contributed by atoms with Gasteiger partial charge >= 0.3 is 0 Å². The van der Waals surface area contributed by atoms with E-state index in [1.807, 2.05) is 32.0 Å². The van der Waals surface area contributed by atoms with E-state index < -0.39 is 5.25 Å². The maximum absolute atomic E-state index is 12.0. The number of hydrogen-bond donors (Lipinski definition) is 4. The van der Waals surface area contributed by atoms with Crippen LogP contribution in [0.4, 0.5) is 5.69 Å². The van der Waals surface area contributed by atoms with E-state index in [4.69, 9.17) is 11.1 Å². The number of rotatable bonds is 3. The molecule has 1 atom stereocenters. The van der Waals surface area contributed by atoms with Crippen LogP contribution in [0, 0.1) is 19.3 Å². The second-order valence-electron chi connectivity index (χ2n) is 4.95. The van der Waals surface area contributed by atoms with Gasteiger partial charge in [0.2, 0.25) is 17.8 Å². The molecule has 1 fully saturated rings. The average Bonchev–Trinajstić information content (AvgIpc) is 2.73. The number of thioether (sulfide) groups is 1. The first-order chi connectivity index (χ1) is 10.3. The third kappa shape index (κ3) is 4.08. The van der Waals surface area contributed by atoms with Gasteiger partial charge in [0.05, 0.1) is 0 Å². The number of guanidine groups is 1. The normalized spacial score (nSPS) is 19.1. The van der Waals surface area contributed by atoms with Crippen molar-refractivity contribution in [3.8, 4) is 0 Å². The second kappa shape index (κ2) is 6.61. The smallest absolute Gasteiger partial charge is 0.240 e. The van der Waals surface area contributed by atoms with Gasteiger partial charge in [0.15, 0.2) is 5.17 Å². The number of carbonyl (C=O) groups excluding carboxylic acids is 2. The molecule has 1 heterocycles. The Morgan fingerprint density at radius 3 is 2.82 bits per heavy atom. The Bertz CT molecular complexity index is 671. The zero-order valence-corrected chi connectivity index (χ0v) is 13.1. The van der Waals surface area contributed by atoms with E-state index >= 15 is 0 Å². The molecule has 1 aliphatic rings. The molecule has 0 aliphatic carbocycles. The van der Waals surface area contributed by atoms with Crippen molar-refractivity contribution in [2.24, 2.45) is 10.7 Å². The summed E-state index contributed by atoms with van der Waals surface area (Å²) in [6.07, 6.45) is 0.0281. The van der Waals surface area contributed by atoms with Gasteiger partial charge in [-0.2, -0.15) is 4.99 Å². The molecule has 0 spiro atoms. The molecule has 1 aliphatic heterocycles. The van der Waals surface area contributed by atoms with Crippen LogP contribution < -0.4 is 16.4 Å². The van der Waals surface area contributed by atoms with Crippen molar-refractivity contribution in [2.45, 2.75) is 25.5 Å². The lowest BCUT2D eigenvalue weighted by molar-refractivity contribution is -0.122. The van der Waals surface area contributed by atoms with Crippen LogP contribution in [0.1, 0.15) is 17.5 Å². The maximum atomic E-state index is 12.0. The number of aliphatic imine (C=N–C) groups is 1. The van der Waals surface area contributed by atoms with Crippen LogP contribution in [-0.2, 0) is 9.59 Å². The first-order valence-corrected chi connectivity index (χ1v) is 7.50. The quantitative estimate of drug-likeness (QED) is 0.492. The lowest BCUT2D eigenvalue weighted by Crippen LogP contribution is -2.28. The van der Waals surface area contributed by atoms with E-state index in [-0.39, 0.29) is 29.4 Å². The zero-order chi connectivity index (χ0) is 16.3. The minimum absolute atomic E-state index is 0.0281. The Morgan fingerprint density at radius 2 is 2.18 bits per heavy atom. The number of nitrogens with one attached hydrogen (secondary N) is 3. The zero-order valence-electron chi connectivity index (χ0n) is 12.3. The Hall–Kier alpha value is -2.35. The molecule has 116 valence electrons. The molecule has 0 saturated carbocycles. The molecule has 0 bridgehead atoms. The van der Waals surface area contributed by atoms with Gasteiger partial charge in [0.25, 0.3) is 0 Å². The van der Waals surface area contributed by atoms with Gasteiger partial charge in [-0.25, -0.2) is 0 Å². The lowest BCUT2D eigenvalue weighted by atomic mass is 10.1. The number of aryl methyl sites for hydroxylation is 2. The Kier molecular flexibility index (Phi) is 4.81. The summed E-state index contributed by atoms with van der Waals surface area (Å²) in [5, 5.41) is 12.0. The number of benzene rings is 1. The summed E-state index contributed by atoms with van der Waals surface area (Å²) in [7, 11) is 0. The fourth-order valence-electron chi connectivity index (χ4n) is 1.90. The van der Waals surface area contributed by atoms with E-state index in [1.54, 1.807) is 0 Å². The molecule has 22 heavy (non-hydrogen) atoms. The van der Waals surface area contributed by atoms with Crippen LogP contribution in [0.2, 0.25) is 0 Å². The van der Waals surface area contributed by atoms with E-state index in [0.29, 0.717) is 5.69 Å². The Morgan fingerprint density at radius 1 is 1.45 bits per heavy atom. The van der Waals surface area contributed by atoms with Crippen molar-refractivity contribution in [1.82, 2.24) is 5.32 Å². The molecule has 8 heteroatoms. The summed E-state index contributed by atoms with van der Waals surface area (Å²) in [4.78, 5) is 27.4. The predicted octanol–water partition coefficient (Wildman–Crippen LogP) is 1.11. The van der Waals surface area contributed by atoms with Gasteiger partial charge in [-0.15, -0.1) is 0 Å². The molecular weight excluding hydrogens is 302 g/mol. The topological polar surface area (TPSA) is 120 Å². The third-order valence-corrected chi connectivity index (χ3v) is 4.24. The van der Waals surface area contributed by atoms with Gasteiger partial charge in [0, 0.05) is 12.1 Å². The van der Waals surface area contributed by atoms with Gasteiger partial charge in [-0.3, -0.25) is 15.0 Å². The number of amides is 2. The fourth-order valence-corrected chi connectivity index (χ4v) is 2.88. The maximum Gasteiger partial charge on any atom is 0.240 e. The molecule has 0 aromatic heterocycles. The molecule has 1 aromatic carbocycles. The van der Waals surface area contributed by atoms with Crippen LogP contribution >= 0.6 is 11.8 Å². The van der Waals surface area contributed by atoms with Gasteiger partial charge in [-0.05, 0) is 37.1 Å². The predicted molar refractivity (Wildman–Crippen MR) is 88.0 cm³/mol. The summed E-state index contributed by atoms with van der Waals surface area (Å²) in [6.45, 7) is 3.96. The van der Waals surface area contributed by atoms with Gasteiger partial charge < -0.3 is 16.4 Å². The van der Waals surface area contributed by atoms with Crippen molar-refractivity contribution < 1.29 is 9.59 Å². The summed E-state index contributed by atoms with van der Waals surface area (Å²) in [6, 6.07) is 5.64. The van der Waals surface area contributed by atoms with Crippen LogP contribution in [0.25, 0.3) is 0 Å². The molecule has 0 radical (unpaired) electrons. The molecule has 2 rings (SSSR count). The first kappa shape index (κ1) is 16.0. The van der Waals surface area contributed by atoms with Gasteiger partial charge in [0.1, 0.15) is 5.25 Å².